The fourth-order valence-corrected chi connectivity index (χ4v) is 10.3. The number of hydrogen-bond donors (Lipinski definition) is 0. The average Bonchev–Trinajstić information content (AvgIpc) is 3.90. The van der Waals surface area contributed by atoms with Crippen LogP contribution < -0.4 is 0 Å². The van der Waals surface area contributed by atoms with Gasteiger partial charge < -0.3 is 9.13 Å². The third kappa shape index (κ3) is 7.98. The molecular weight excluding hydrogens is 960 g/mol. The predicted octanol–water partition coefficient (Wildman–Crippen LogP) is 18.0. The van der Waals surface area contributed by atoms with Crippen LogP contribution in [0.3, 0.4) is 0 Å². The molecule has 0 amide bonds. The highest BCUT2D eigenvalue weighted by Crippen LogP contribution is 2.47. The van der Waals surface area contributed by atoms with Crippen molar-refractivity contribution in [2.45, 2.75) is 32.4 Å². The van der Waals surface area contributed by atoms with Crippen LogP contribution in [0.5, 0.6) is 0 Å². The van der Waals surface area contributed by atoms with Crippen molar-refractivity contribution in [2.75, 3.05) is 0 Å². The van der Waals surface area contributed by atoms with Crippen LogP contribution in [0, 0.1) is 36.5 Å². The molecule has 0 aliphatic carbocycles. The maximum absolute atomic E-state index is 15.0. The SMILES string of the molecule is Cc1ccc(-c2ccc3c(c2)c2ccccc2n3-c2cc(-c3ccc(C#N)cc3C(F)(F)F)ccc2-c2ccc(C#N)cc2-n2c3ccccc3c3cc(-c4ccc(C(F)(F)F)cc4C)ccc32)c(C(F)(F)F)c1. The standard InChI is InChI=1S/C61H35F9N4/c1-34-11-18-43(51(25-34)60(65,66)67)39-16-24-56-50(30-39)46-8-4-6-10-54(46)74(56)58-31-40(44-19-12-36(32-71)27-52(44)61(68,69)70)14-21-48(58)47-20-13-37(33-72)28-57(47)73-53-9-5-3-7-45(53)49-29-38(15-23-55(49)73)42-22-17-41(26-35(42)2)59(62,63)64/h3-31H,1-2H3. The highest BCUT2D eigenvalue weighted by Gasteiger charge is 2.36. The molecule has 13 heteroatoms. The van der Waals surface area contributed by atoms with E-state index in [1.54, 1.807) is 92.7 Å². The van der Waals surface area contributed by atoms with Crippen LogP contribution in [-0.2, 0) is 18.5 Å². The van der Waals surface area contributed by atoms with Gasteiger partial charge in [-0.15, -0.1) is 0 Å². The molecule has 74 heavy (non-hydrogen) atoms. The summed E-state index contributed by atoms with van der Waals surface area (Å²) in [5, 5.41) is 22.8. The molecule has 2 heterocycles. The molecule has 0 radical (unpaired) electrons. The van der Waals surface area contributed by atoms with E-state index in [0.29, 0.717) is 83.2 Å². The molecular formula is C61H35F9N4. The highest BCUT2D eigenvalue weighted by atomic mass is 19.4. The lowest BCUT2D eigenvalue weighted by Gasteiger charge is -2.21. The van der Waals surface area contributed by atoms with Gasteiger partial charge in [-0.1, -0.05) is 96.6 Å². The smallest absolute Gasteiger partial charge is 0.309 e. The minimum Gasteiger partial charge on any atom is -0.309 e. The summed E-state index contributed by atoms with van der Waals surface area (Å²) in [7, 11) is 0. The Morgan fingerprint density at radius 2 is 0.797 bits per heavy atom. The second-order valence-electron chi connectivity index (χ2n) is 18.2. The van der Waals surface area contributed by atoms with Crippen molar-refractivity contribution in [1.29, 1.82) is 10.5 Å². The number of hydrogen-bond acceptors (Lipinski definition) is 2. The lowest BCUT2D eigenvalue weighted by molar-refractivity contribution is -0.138. The third-order valence-corrected chi connectivity index (χ3v) is 13.7. The van der Waals surface area contributed by atoms with Crippen LogP contribution in [0.4, 0.5) is 39.5 Å². The molecule has 9 aromatic carbocycles. The van der Waals surface area contributed by atoms with E-state index in [-0.39, 0.29) is 27.8 Å². The molecule has 4 nitrogen and oxygen atoms in total. The molecule has 2 aromatic heterocycles. The summed E-state index contributed by atoms with van der Waals surface area (Å²) >= 11 is 0. The van der Waals surface area contributed by atoms with Crippen molar-refractivity contribution in [3.8, 4) is 68.0 Å². The van der Waals surface area contributed by atoms with Crippen LogP contribution in [0.25, 0.3) is 99.5 Å². The number of aryl methyl sites for hydroxylation is 2. The Bertz CT molecular complexity index is 4210. The minimum atomic E-state index is -4.86. The number of para-hydroxylation sites is 2. The summed E-state index contributed by atoms with van der Waals surface area (Å²) in [5.41, 5.74) is 4.31. The molecule has 362 valence electrons. The van der Waals surface area contributed by atoms with E-state index >= 15 is 0 Å². The van der Waals surface area contributed by atoms with E-state index in [9.17, 15) is 50.0 Å². The summed E-state index contributed by atoms with van der Waals surface area (Å²) in [6.07, 6.45) is -14.1. The van der Waals surface area contributed by atoms with Crippen LogP contribution in [0.1, 0.15) is 38.9 Å². The molecule has 11 aromatic rings. The fraction of sp³-hybridized carbons (Fsp3) is 0.0820. The normalized spacial score (nSPS) is 12.2. The summed E-state index contributed by atoms with van der Waals surface area (Å²) in [6, 6.07) is 50.5. The van der Waals surface area contributed by atoms with E-state index in [0.717, 1.165) is 35.0 Å². The van der Waals surface area contributed by atoms with Gasteiger partial charge in [-0.3, -0.25) is 0 Å². The second kappa shape index (κ2) is 17.3. The van der Waals surface area contributed by atoms with Crippen molar-refractivity contribution in [1.82, 2.24) is 9.13 Å². The molecule has 0 saturated heterocycles. The molecule has 0 atom stereocenters. The Hall–Kier alpha value is -9.07. The zero-order valence-electron chi connectivity index (χ0n) is 38.9. The maximum Gasteiger partial charge on any atom is 0.417 e. The number of halogens is 9. The largest absolute Gasteiger partial charge is 0.417 e. The van der Waals surface area contributed by atoms with E-state index in [4.69, 9.17) is 0 Å². The van der Waals surface area contributed by atoms with Gasteiger partial charge in [-0.2, -0.15) is 50.0 Å². The molecule has 0 aliphatic rings. The van der Waals surface area contributed by atoms with Crippen molar-refractivity contribution >= 4 is 43.6 Å². The number of nitriles is 2. The molecule has 0 unspecified atom stereocenters. The van der Waals surface area contributed by atoms with Gasteiger partial charge in [0.15, 0.2) is 0 Å². The molecule has 0 saturated carbocycles. The molecule has 0 spiro atoms. The summed E-state index contributed by atoms with van der Waals surface area (Å²) in [4.78, 5) is 0. The van der Waals surface area contributed by atoms with Crippen molar-refractivity contribution in [3.05, 3.63) is 215 Å². The first-order valence-corrected chi connectivity index (χ1v) is 23.1. The van der Waals surface area contributed by atoms with Crippen LogP contribution in [0.2, 0.25) is 0 Å². The Morgan fingerprint density at radius 3 is 1.34 bits per heavy atom. The Kier molecular flexibility index (Phi) is 11.1. The predicted molar refractivity (Wildman–Crippen MR) is 271 cm³/mol. The van der Waals surface area contributed by atoms with Crippen molar-refractivity contribution in [2.24, 2.45) is 0 Å². The zero-order chi connectivity index (χ0) is 52.0. The summed E-state index contributed by atoms with van der Waals surface area (Å²) < 4.78 is 134. The van der Waals surface area contributed by atoms with Crippen molar-refractivity contribution < 1.29 is 39.5 Å². The summed E-state index contributed by atoms with van der Waals surface area (Å²) in [5.74, 6) is 0. The zero-order valence-corrected chi connectivity index (χ0v) is 38.9. The van der Waals surface area contributed by atoms with Gasteiger partial charge in [0.05, 0.1) is 73.4 Å². The lowest BCUT2D eigenvalue weighted by atomic mass is 9.93. The van der Waals surface area contributed by atoms with Crippen molar-refractivity contribution in [3.63, 3.8) is 0 Å². The molecule has 0 bridgehead atoms. The molecule has 11 rings (SSSR count). The monoisotopic (exact) mass is 994 g/mol. The number of benzene rings is 9. The number of nitrogens with zero attached hydrogens (tertiary/aromatic N) is 4. The van der Waals surface area contributed by atoms with E-state index < -0.39 is 35.2 Å². The van der Waals surface area contributed by atoms with Gasteiger partial charge in [0, 0.05) is 32.7 Å². The van der Waals surface area contributed by atoms with E-state index in [1.165, 1.54) is 24.3 Å². The highest BCUT2D eigenvalue weighted by molar-refractivity contribution is 6.13. The van der Waals surface area contributed by atoms with Crippen LogP contribution >= 0.6 is 0 Å². The first-order chi connectivity index (χ1) is 35.3. The third-order valence-electron chi connectivity index (χ3n) is 13.7. The first-order valence-electron chi connectivity index (χ1n) is 23.1. The molecule has 0 N–H and O–H groups in total. The average molecular weight is 995 g/mol. The Morgan fingerprint density at radius 1 is 0.365 bits per heavy atom. The number of alkyl halides is 9. The van der Waals surface area contributed by atoms with Crippen LogP contribution in [-0.4, -0.2) is 9.13 Å². The lowest BCUT2D eigenvalue weighted by Crippen LogP contribution is -2.08. The maximum atomic E-state index is 15.0. The molecule has 0 aliphatic heterocycles. The number of rotatable bonds is 6. The van der Waals surface area contributed by atoms with Gasteiger partial charge in [0.1, 0.15) is 0 Å². The van der Waals surface area contributed by atoms with Gasteiger partial charge in [0.25, 0.3) is 0 Å². The van der Waals surface area contributed by atoms with Gasteiger partial charge in [0.2, 0.25) is 0 Å². The summed E-state index contributed by atoms with van der Waals surface area (Å²) in [6.45, 7) is 3.21. The molecule has 0 fully saturated rings. The Labute approximate surface area is 416 Å². The fourth-order valence-electron chi connectivity index (χ4n) is 10.3. The second-order valence-corrected chi connectivity index (χ2v) is 18.2. The van der Waals surface area contributed by atoms with E-state index in [2.05, 4.69) is 6.07 Å². The Balaban J connectivity index is 1.20. The van der Waals surface area contributed by atoms with Gasteiger partial charge in [-0.25, -0.2) is 0 Å². The topological polar surface area (TPSA) is 57.4 Å². The van der Waals surface area contributed by atoms with Gasteiger partial charge >= 0.3 is 18.5 Å². The minimum absolute atomic E-state index is 0.0278. The quantitative estimate of drug-likeness (QED) is 0.156. The van der Waals surface area contributed by atoms with Crippen LogP contribution in [0.15, 0.2) is 176 Å². The van der Waals surface area contributed by atoms with E-state index in [1.807, 2.05) is 63.7 Å². The number of fused-ring (bicyclic) bond motifs is 6. The first kappa shape index (κ1) is 47.3. The van der Waals surface area contributed by atoms with Gasteiger partial charge in [-0.05, 0) is 138 Å². The number of aromatic nitrogens is 2.